The van der Waals surface area contributed by atoms with Crippen LogP contribution in [-0.4, -0.2) is 9.13 Å². The largest absolute Gasteiger partial charge is 0.311 e. The molecule has 0 radical (unpaired) electrons. The minimum Gasteiger partial charge on any atom is -0.311 e. The molecular formula is C82H59N5. The summed E-state index contributed by atoms with van der Waals surface area (Å²) in [7, 11) is 0. The molecule has 5 heteroatoms. The van der Waals surface area contributed by atoms with Gasteiger partial charge in [-0.3, -0.25) is 0 Å². The number of para-hydroxylation sites is 5. The average molecular weight is 1110 g/mol. The highest BCUT2D eigenvalue weighted by molar-refractivity contribution is 6.13. The van der Waals surface area contributed by atoms with Crippen molar-refractivity contribution in [2.24, 2.45) is 0 Å². The molecule has 0 atom stereocenters. The summed E-state index contributed by atoms with van der Waals surface area (Å²) in [5.74, 6) is 0. The fourth-order valence-electron chi connectivity index (χ4n) is 12.6. The van der Waals surface area contributed by atoms with Gasteiger partial charge in [0.1, 0.15) is 0 Å². The third-order valence-corrected chi connectivity index (χ3v) is 16.8. The highest BCUT2D eigenvalue weighted by atomic mass is 15.2. The molecule has 2 aromatic heterocycles. The van der Waals surface area contributed by atoms with Gasteiger partial charge in [0, 0.05) is 84.1 Å². The van der Waals surface area contributed by atoms with E-state index in [2.05, 4.69) is 359 Å². The van der Waals surface area contributed by atoms with Gasteiger partial charge in [-0.25, -0.2) is 0 Å². The zero-order valence-electron chi connectivity index (χ0n) is 47.9. The number of hydrogen-bond acceptors (Lipinski definition) is 3. The van der Waals surface area contributed by atoms with Crippen molar-refractivity contribution in [2.45, 2.75) is 0 Å². The number of benzene rings is 13. The molecule has 0 bridgehead atoms. The molecule has 15 rings (SSSR count). The molecule has 0 unspecified atom stereocenters. The van der Waals surface area contributed by atoms with Gasteiger partial charge in [0.25, 0.3) is 0 Å². The van der Waals surface area contributed by atoms with Crippen LogP contribution in [0.3, 0.4) is 0 Å². The maximum absolute atomic E-state index is 3.98. The number of aromatic nitrogens is 2. The van der Waals surface area contributed by atoms with Gasteiger partial charge in [0.2, 0.25) is 0 Å². The van der Waals surface area contributed by atoms with Crippen molar-refractivity contribution in [3.63, 3.8) is 0 Å². The van der Waals surface area contributed by atoms with Gasteiger partial charge in [-0.05, 0) is 203 Å². The number of rotatable bonds is 15. The Morgan fingerprint density at radius 1 is 0.218 bits per heavy atom. The third kappa shape index (κ3) is 9.69. The number of anilines is 9. The fourth-order valence-corrected chi connectivity index (χ4v) is 12.6. The van der Waals surface area contributed by atoms with Gasteiger partial charge in [-0.1, -0.05) is 177 Å². The molecular weight excluding hydrogens is 1050 g/mol. The van der Waals surface area contributed by atoms with Crippen molar-refractivity contribution < 1.29 is 0 Å². The van der Waals surface area contributed by atoms with Crippen LogP contribution in [0.15, 0.2) is 335 Å². The van der Waals surface area contributed by atoms with Gasteiger partial charge < -0.3 is 23.8 Å². The van der Waals surface area contributed by atoms with E-state index in [0.717, 1.165) is 95.8 Å². The minimum absolute atomic E-state index is 1.04. The Morgan fingerprint density at radius 2 is 0.460 bits per heavy atom. The Balaban J connectivity index is 0.812. The summed E-state index contributed by atoms with van der Waals surface area (Å²) < 4.78 is 4.77. The van der Waals surface area contributed by atoms with E-state index in [1.807, 2.05) is 12.2 Å². The van der Waals surface area contributed by atoms with Crippen LogP contribution < -0.4 is 14.7 Å². The fraction of sp³-hybridized carbons (Fsp3) is 0. The van der Waals surface area contributed by atoms with Gasteiger partial charge in [-0.2, -0.15) is 0 Å². The molecule has 0 aliphatic carbocycles. The summed E-state index contributed by atoms with van der Waals surface area (Å²) in [5, 5.41) is 4.73. The number of nitrogens with zero attached hydrogens (tertiary/aromatic N) is 5. The molecule has 87 heavy (non-hydrogen) atoms. The second-order valence-corrected chi connectivity index (χ2v) is 21.9. The van der Waals surface area contributed by atoms with Crippen LogP contribution in [0.2, 0.25) is 0 Å². The van der Waals surface area contributed by atoms with Crippen LogP contribution >= 0.6 is 0 Å². The zero-order valence-corrected chi connectivity index (χ0v) is 47.9. The van der Waals surface area contributed by atoms with Crippen LogP contribution in [-0.2, 0) is 0 Å². The van der Waals surface area contributed by atoms with Crippen molar-refractivity contribution in [1.29, 1.82) is 0 Å². The van der Waals surface area contributed by atoms with Gasteiger partial charge in [-0.15, -0.1) is 0 Å². The van der Waals surface area contributed by atoms with Crippen molar-refractivity contribution >= 4 is 107 Å². The molecule has 5 nitrogen and oxygen atoms in total. The van der Waals surface area contributed by atoms with E-state index in [0.29, 0.717) is 0 Å². The zero-order chi connectivity index (χ0) is 58.2. The first-order valence-electron chi connectivity index (χ1n) is 29.5. The smallest absolute Gasteiger partial charge is 0.0542 e. The van der Waals surface area contributed by atoms with Gasteiger partial charge in [0.05, 0.1) is 22.1 Å². The molecule has 2 heterocycles. The third-order valence-electron chi connectivity index (χ3n) is 16.8. The first kappa shape index (κ1) is 52.2. The highest BCUT2D eigenvalue weighted by Crippen LogP contribution is 2.45. The van der Waals surface area contributed by atoms with Crippen LogP contribution in [0.5, 0.6) is 0 Å². The van der Waals surface area contributed by atoms with Crippen molar-refractivity contribution in [2.75, 3.05) is 14.7 Å². The second kappa shape index (κ2) is 22.5. The lowest BCUT2D eigenvalue weighted by molar-refractivity contribution is 1.18. The monoisotopic (exact) mass is 1110 g/mol. The Labute approximate surface area is 507 Å². The van der Waals surface area contributed by atoms with E-state index >= 15 is 0 Å². The van der Waals surface area contributed by atoms with E-state index in [-0.39, 0.29) is 0 Å². The van der Waals surface area contributed by atoms with E-state index in [1.165, 1.54) is 43.8 Å². The molecule has 13 aromatic carbocycles. The predicted molar refractivity (Wildman–Crippen MR) is 370 cm³/mol. The van der Waals surface area contributed by atoms with Crippen LogP contribution in [0.1, 0.15) is 11.1 Å². The summed E-state index contributed by atoms with van der Waals surface area (Å²) >= 11 is 0. The van der Waals surface area contributed by atoms with E-state index in [9.17, 15) is 0 Å². The molecule has 0 amide bonds. The Hall–Kier alpha value is -11.7. The normalized spacial score (nSPS) is 11.3. The van der Waals surface area contributed by atoms with Crippen LogP contribution in [0, 0.1) is 0 Å². The standard InChI is InChI=1S/C82H59N5/c1-3-58-30-34-60(35-31-58)62-38-50-79-75(54-62)77-56-73(48-52-81(77)86(79)67-26-16-8-17-27-67)84(65-22-12-6-13-23-65)71-44-40-69(41-45-71)83(64-20-10-5-11-21-64)70-42-46-72(47-43-70)85(66-24-14-7-15-25-66)74-49-53-82-78(57-74)76-55-63(61-36-32-59(4-2)33-37-61)39-51-80(76)87(82)68-28-18-9-19-29-68/h3-57H,1-2H2. The summed E-state index contributed by atoms with van der Waals surface area (Å²) in [6.45, 7) is 7.96. The first-order valence-corrected chi connectivity index (χ1v) is 29.5. The predicted octanol–water partition coefficient (Wildman–Crippen LogP) is 22.9. The first-order chi connectivity index (χ1) is 43.0. The molecule has 0 N–H and O–H groups in total. The Kier molecular flexibility index (Phi) is 13.5. The van der Waals surface area contributed by atoms with Crippen molar-refractivity contribution in [1.82, 2.24) is 9.13 Å². The van der Waals surface area contributed by atoms with Crippen molar-refractivity contribution in [3.8, 4) is 33.6 Å². The lowest BCUT2D eigenvalue weighted by Crippen LogP contribution is -2.13. The minimum atomic E-state index is 1.04. The molecule has 412 valence electrons. The average Bonchev–Trinajstić information content (AvgIpc) is 1.75. The summed E-state index contributed by atoms with van der Waals surface area (Å²) in [5.41, 5.74) is 23.2. The molecule has 0 fully saturated rings. The Bertz CT molecular complexity index is 4660. The molecule has 0 aliphatic rings. The molecule has 0 saturated heterocycles. The Morgan fingerprint density at radius 3 is 0.770 bits per heavy atom. The van der Waals surface area contributed by atoms with Crippen molar-refractivity contribution in [3.05, 3.63) is 346 Å². The quantitative estimate of drug-likeness (QED) is 0.102. The number of fused-ring (bicyclic) bond motifs is 6. The molecule has 0 aliphatic heterocycles. The maximum atomic E-state index is 3.98. The lowest BCUT2D eigenvalue weighted by atomic mass is 10.0. The number of hydrogen-bond donors (Lipinski definition) is 0. The highest BCUT2D eigenvalue weighted by Gasteiger charge is 2.22. The summed E-state index contributed by atoms with van der Waals surface area (Å²) in [6.07, 6.45) is 3.78. The lowest BCUT2D eigenvalue weighted by Gasteiger charge is -2.29. The molecule has 0 spiro atoms. The molecule has 15 aromatic rings. The van der Waals surface area contributed by atoms with E-state index < -0.39 is 0 Å². The summed E-state index contributed by atoms with van der Waals surface area (Å²) in [4.78, 5) is 7.07. The maximum Gasteiger partial charge on any atom is 0.0542 e. The van der Waals surface area contributed by atoms with Gasteiger partial charge in [0.15, 0.2) is 0 Å². The molecule has 0 saturated carbocycles. The summed E-state index contributed by atoms with van der Waals surface area (Å²) in [6, 6.07) is 116. The van der Waals surface area contributed by atoms with Crippen LogP contribution in [0.4, 0.5) is 51.2 Å². The van der Waals surface area contributed by atoms with Crippen LogP contribution in [0.25, 0.3) is 89.4 Å². The second-order valence-electron chi connectivity index (χ2n) is 21.9. The van der Waals surface area contributed by atoms with E-state index in [4.69, 9.17) is 0 Å². The topological polar surface area (TPSA) is 19.6 Å². The van der Waals surface area contributed by atoms with E-state index in [1.54, 1.807) is 0 Å². The SMILES string of the molecule is C=Cc1ccc(-c2ccc3c(c2)c2cc(N(c4ccccc4)c4ccc(N(c5ccccc5)c5ccc(N(c6ccccc6)c6ccc7c(c6)c6cc(-c8ccc(C=C)cc8)ccc6n7-c6ccccc6)cc5)cc4)ccc2n3-c2ccccc2)cc1. The van der Waals surface area contributed by atoms with Gasteiger partial charge >= 0.3 is 0 Å².